The zero-order valence-electron chi connectivity index (χ0n) is 7.28. The van der Waals surface area contributed by atoms with Crippen molar-refractivity contribution in [2.24, 2.45) is 5.73 Å². The molecule has 0 aliphatic heterocycles. The van der Waals surface area contributed by atoms with E-state index in [1.165, 1.54) is 0 Å². The maximum atomic E-state index is 9.99. The van der Waals surface area contributed by atoms with Crippen LogP contribution in [0.3, 0.4) is 0 Å². The Morgan fingerprint density at radius 1 is 1.33 bits per heavy atom. The van der Waals surface area contributed by atoms with E-state index in [0.717, 1.165) is 0 Å². The standard InChI is InChI=1S/C5H9NO4.CH3.Na/c6-3(5(9)10)1-2-4(7)8;;/h3H,1-2,6H2,(H,7,8)(H,9,10);1H3;/q;-1;+1. The topological polar surface area (TPSA) is 101 Å². The van der Waals surface area contributed by atoms with E-state index < -0.39 is 18.0 Å². The molecule has 1 atom stereocenters. The largest absolute Gasteiger partial charge is 1.00 e. The second kappa shape index (κ2) is 8.99. The molecule has 1 unspecified atom stereocenters. The molecule has 0 saturated carbocycles. The first-order valence-corrected chi connectivity index (χ1v) is 2.74. The molecule has 0 spiro atoms. The van der Waals surface area contributed by atoms with Crippen molar-refractivity contribution in [1.82, 2.24) is 0 Å². The van der Waals surface area contributed by atoms with Gasteiger partial charge in [-0.2, -0.15) is 0 Å². The van der Waals surface area contributed by atoms with Gasteiger partial charge in [0.15, 0.2) is 0 Å². The summed E-state index contributed by atoms with van der Waals surface area (Å²) in [6.07, 6.45) is -0.224. The molecule has 0 aliphatic carbocycles. The number of hydrogen-bond acceptors (Lipinski definition) is 3. The number of carboxylic acids is 2. The summed E-state index contributed by atoms with van der Waals surface area (Å²) in [7, 11) is 0. The molecular weight excluding hydrogens is 173 g/mol. The molecule has 0 aromatic carbocycles. The quantitative estimate of drug-likeness (QED) is 0.315. The van der Waals surface area contributed by atoms with Crippen molar-refractivity contribution >= 4 is 11.9 Å². The van der Waals surface area contributed by atoms with Gasteiger partial charge in [-0.15, -0.1) is 0 Å². The maximum absolute atomic E-state index is 9.99. The number of carboxylic acid groups (broad SMARTS) is 2. The van der Waals surface area contributed by atoms with E-state index in [2.05, 4.69) is 0 Å². The van der Waals surface area contributed by atoms with Crippen LogP contribution in [0.2, 0.25) is 0 Å². The third-order valence-corrected chi connectivity index (χ3v) is 0.986. The number of aliphatic carboxylic acids is 2. The molecule has 0 fully saturated rings. The molecule has 0 radical (unpaired) electrons. The van der Waals surface area contributed by atoms with Gasteiger partial charge in [0.25, 0.3) is 0 Å². The Morgan fingerprint density at radius 3 is 2.00 bits per heavy atom. The van der Waals surface area contributed by atoms with Gasteiger partial charge in [-0.1, -0.05) is 0 Å². The Bertz CT molecular complexity index is 150. The first-order valence-electron chi connectivity index (χ1n) is 2.74. The van der Waals surface area contributed by atoms with E-state index in [9.17, 15) is 9.59 Å². The van der Waals surface area contributed by atoms with Crippen LogP contribution >= 0.6 is 0 Å². The summed E-state index contributed by atoms with van der Waals surface area (Å²) in [5, 5.41) is 16.3. The normalized spacial score (nSPS) is 10.4. The minimum Gasteiger partial charge on any atom is -0.481 e. The van der Waals surface area contributed by atoms with E-state index in [4.69, 9.17) is 15.9 Å². The molecule has 12 heavy (non-hydrogen) atoms. The molecule has 0 heterocycles. The van der Waals surface area contributed by atoms with Gasteiger partial charge in [-0.05, 0) is 6.42 Å². The fourth-order valence-corrected chi connectivity index (χ4v) is 0.402. The molecule has 4 N–H and O–H groups in total. The van der Waals surface area contributed by atoms with Crippen molar-refractivity contribution < 1.29 is 49.4 Å². The summed E-state index contributed by atoms with van der Waals surface area (Å²) < 4.78 is 0. The maximum Gasteiger partial charge on any atom is 1.00 e. The van der Waals surface area contributed by atoms with E-state index >= 15 is 0 Å². The van der Waals surface area contributed by atoms with Crippen LogP contribution in [0.5, 0.6) is 0 Å². The minimum absolute atomic E-state index is 0. The number of carbonyl (C=O) groups is 2. The van der Waals surface area contributed by atoms with Crippen LogP contribution in [0.15, 0.2) is 0 Å². The first kappa shape index (κ1) is 17.8. The number of hydrogen-bond donors (Lipinski definition) is 3. The average molecular weight is 185 g/mol. The molecule has 0 aromatic rings. The first-order chi connectivity index (χ1) is 4.54. The van der Waals surface area contributed by atoms with Crippen LogP contribution in [0, 0.1) is 7.43 Å². The van der Waals surface area contributed by atoms with Crippen molar-refractivity contribution in [2.45, 2.75) is 18.9 Å². The average Bonchev–Trinajstić information content (AvgIpc) is 1.82. The SMILES string of the molecule is NC(CCC(=O)O)C(=O)O.[CH3-].[Na+]. The Morgan fingerprint density at radius 2 is 1.75 bits per heavy atom. The van der Waals surface area contributed by atoms with E-state index in [1.807, 2.05) is 0 Å². The summed E-state index contributed by atoms with van der Waals surface area (Å²) in [5.74, 6) is -2.20. The van der Waals surface area contributed by atoms with Gasteiger partial charge in [0.1, 0.15) is 6.04 Å². The van der Waals surface area contributed by atoms with Crippen molar-refractivity contribution in [3.8, 4) is 0 Å². The molecule has 0 bridgehead atoms. The molecule has 66 valence electrons. The predicted molar refractivity (Wildman–Crippen MR) is 38.9 cm³/mol. The predicted octanol–water partition coefficient (Wildman–Crippen LogP) is -3.28. The van der Waals surface area contributed by atoms with Gasteiger partial charge in [-0.3, -0.25) is 9.59 Å². The molecule has 5 nitrogen and oxygen atoms in total. The molecule has 0 aromatic heterocycles. The molecule has 0 amide bonds. The van der Waals surface area contributed by atoms with Crippen LogP contribution in [-0.4, -0.2) is 28.2 Å². The summed E-state index contributed by atoms with van der Waals surface area (Å²) >= 11 is 0. The fourth-order valence-electron chi connectivity index (χ4n) is 0.402. The molecule has 0 aliphatic rings. The van der Waals surface area contributed by atoms with Crippen LogP contribution in [0.25, 0.3) is 0 Å². The number of rotatable bonds is 4. The van der Waals surface area contributed by atoms with Gasteiger partial charge in [-0.25, -0.2) is 0 Å². The van der Waals surface area contributed by atoms with Gasteiger partial charge >= 0.3 is 41.5 Å². The van der Waals surface area contributed by atoms with Gasteiger partial charge in [0.2, 0.25) is 0 Å². The van der Waals surface area contributed by atoms with Crippen molar-refractivity contribution in [1.29, 1.82) is 0 Å². The van der Waals surface area contributed by atoms with E-state index in [-0.39, 0.29) is 49.8 Å². The van der Waals surface area contributed by atoms with Crippen molar-refractivity contribution in [2.75, 3.05) is 0 Å². The summed E-state index contributed by atoms with van der Waals surface area (Å²) in [6.45, 7) is 0. The number of nitrogens with two attached hydrogens (primary N) is 1. The zero-order chi connectivity index (χ0) is 8.15. The van der Waals surface area contributed by atoms with Crippen LogP contribution in [0.4, 0.5) is 0 Å². The third kappa shape index (κ3) is 9.90. The summed E-state index contributed by atoms with van der Waals surface area (Å²) in [4.78, 5) is 19.9. The smallest absolute Gasteiger partial charge is 0.481 e. The third-order valence-electron chi connectivity index (χ3n) is 0.986. The second-order valence-corrected chi connectivity index (χ2v) is 1.88. The van der Waals surface area contributed by atoms with Crippen LogP contribution in [0.1, 0.15) is 12.8 Å². The fraction of sp³-hybridized carbons (Fsp3) is 0.500. The molecule has 0 rings (SSSR count). The Hall–Kier alpha value is -0.100. The zero-order valence-corrected chi connectivity index (χ0v) is 9.28. The van der Waals surface area contributed by atoms with Gasteiger partial charge < -0.3 is 23.4 Å². The Kier molecular flexibility index (Phi) is 13.4. The molecular formula is C6H12NNaO4. The van der Waals surface area contributed by atoms with Crippen molar-refractivity contribution in [3.05, 3.63) is 7.43 Å². The molecule has 0 saturated heterocycles. The molecule has 6 heteroatoms. The summed E-state index contributed by atoms with van der Waals surface area (Å²) in [6, 6.07) is -1.06. The van der Waals surface area contributed by atoms with Crippen LogP contribution < -0.4 is 35.3 Å². The van der Waals surface area contributed by atoms with Gasteiger partial charge in [0.05, 0.1) is 0 Å². The summed E-state index contributed by atoms with van der Waals surface area (Å²) in [5.41, 5.74) is 5.00. The second-order valence-electron chi connectivity index (χ2n) is 1.88. The Balaban J connectivity index is -0.000000405. The minimum atomic E-state index is -1.17. The van der Waals surface area contributed by atoms with E-state index in [0.29, 0.717) is 0 Å². The van der Waals surface area contributed by atoms with Gasteiger partial charge in [0, 0.05) is 6.42 Å². The van der Waals surface area contributed by atoms with Crippen LogP contribution in [-0.2, 0) is 9.59 Å². The monoisotopic (exact) mass is 185 g/mol. The van der Waals surface area contributed by atoms with Crippen molar-refractivity contribution in [3.63, 3.8) is 0 Å². The Labute approximate surface area is 93.2 Å². The van der Waals surface area contributed by atoms with E-state index in [1.54, 1.807) is 0 Å².